The summed E-state index contributed by atoms with van der Waals surface area (Å²) in [6.07, 6.45) is 1.71. The number of pyridine rings is 1. The van der Waals surface area contributed by atoms with Gasteiger partial charge in [-0.2, -0.15) is 0 Å². The fourth-order valence-corrected chi connectivity index (χ4v) is 1.88. The van der Waals surface area contributed by atoms with Gasteiger partial charge >= 0.3 is 0 Å². The second kappa shape index (κ2) is 5.10. The maximum Gasteiger partial charge on any atom is 0.254 e. The number of nitrogens with two attached hydrogens (primary N) is 1. The molecule has 0 aliphatic carbocycles. The van der Waals surface area contributed by atoms with Gasteiger partial charge in [0, 0.05) is 24.5 Å². The van der Waals surface area contributed by atoms with Crippen LogP contribution in [0.5, 0.6) is 0 Å². The summed E-state index contributed by atoms with van der Waals surface area (Å²) in [5, 5.41) is 0. The van der Waals surface area contributed by atoms with Crippen molar-refractivity contribution in [2.24, 2.45) is 5.73 Å². The van der Waals surface area contributed by atoms with Gasteiger partial charge in [-0.25, -0.2) is 4.98 Å². The summed E-state index contributed by atoms with van der Waals surface area (Å²) in [4.78, 5) is 20.3. The van der Waals surface area contributed by atoms with Crippen molar-refractivity contribution in [1.29, 1.82) is 0 Å². The fourth-order valence-electron chi connectivity index (χ4n) is 1.88. The summed E-state index contributed by atoms with van der Waals surface area (Å²) in [6.45, 7) is 4.54. The van der Waals surface area contributed by atoms with E-state index < -0.39 is 0 Å². The van der Waals surface area contributed by atoms with E-state index in [1.54, 1.807) is 10.8 Å². The molecule has 2 aromatic rings. The van der Waals surface area contributed by atoms with E-state index in [0.717, 1.165) is 17.0 Å². The Hall–Kier alpha value is -2.01. The first kappa shape index (κ1) is 12.4. The van der Waals surface area contributed by atoms with Crippen LogP contribution in [0.3, 0.4) is 0 Å². The minimum Gasteiger partial charge on any atom is -0.325 e. The standard InChI is InChI=1S/C13H16N4O/c1-9-5-13(18)17(10(2)16-9)8-11-3-4-15-12(6-11)7-14/h3-6H,7-8,14H2,1-2H3. The summed E-state index contributed by atoms with van der Waals surface area (Å²) < 4.78 is 1.64. The number of hydrogen-bond acceptors (Lipinski definition) is 4. The molecule has 0 fully saturated rings. The molecule has 2 heterocycles. The van der Waals surface area contributed by atoms with Crippen molar-refractivity contribution >= 4 is 0 Å². The molecule has 0 aliphatic heterocycles. The molecule has 0 spiro atoms. The molecule has 2 N–H and O–H groups in total. The largest absolute Gasteiger partial charge is 0.325 e. The van der Waals surface area contributed by atoms with Crippen LogP contribution in [0, 0.1) is 13.8 Å². The molecule has 5 nitrogen and oxygen atoms in total. The second-order valence-electron chi connectivity index (χ2n) is 4.23. The third-order valence-electron chi connectivity index (χ3n) is 2.76. The van der Waals surface area contributed by atoms with Crippen LogP contribution in [-0.4, -0.2) is 14.5 Å². The minimum atomic E-state index is -0.0360. The molecule has 2 aromatic heterocycles. The molecule has 5 heteroatoms. The molecule has 0 atom stereocenters. The van der Waals surface area contributed by atoms with Crippen LogP contribution in [0.4, 0.5) is 0 Å². The van der Waals surface area contributed by atoms with E-state index in [-0.39, 0.29) is 5.56 Å². The summed E-state index contributed by atoms with van der Waals surface area (Å²) in [6, 6.07) is 5.33. The summed E-state index contributed by atoms with van der Waals surface area (Å²) in [7, 11) is 0. The number of hydrogen-bond donors (Lipinski definition) is 1. The average Bonchev–Trinajstić information content (AvgIpc) is 2.34. The van der Waals surface area contributed by atoms with Gasteiger partial charge in [0.25, 0.3) is 5.56 Å². The topological polar surface area (TPSA) is 73.8 Å². The van der Waals surface area contributed by atoms with Crippen molar-refractivity contribution in [3.8, 4) is 0 Å². The Bertz CT molecular complexity index is 619. The van der Waals surface area contributed by atoms with Crippen molar-refractivity contribution in [2.75, 3.05) is 0 Å². The van der Waals surface area contributed by atoms with Gasteiger partial charge in [0.2, 0.25) is 0 Å². The molecule has 0 bridgehead atoms. The Kier molecular flexibility index (Phi) is 3.53. The van der Waals surface area contributed by atoms with Crippen molar-refractivity contribution < 1.29 is 0 Å². The molecule has 2 rings (SSSR count). The van der Waals surface area contributed by atoms with E-state index in [1.165, 1.54) is 6.07 Å². The molecule has 0 saturated carbocycles. The predicted octanol–water partition coefficient (Wildman–Crippen LogP) is 0.762. The van der Waals surface area contributed by atoms with Gasteiger partial charge in [0.1, 0.15) is 5.82 Å². The fraction of sp³-hybridized carbons (Fsp3) is 0.308. The highest BCUT2D eigenvalue weighted by Crippen LogP contribution is 2.04. The Morgan fingerprint density at radius 3 is 2.78 bits per heavy atom. The van der Waals surface area contributed by atoms with E-state index in [1.807, 2.05) is 26.0 Å². The smallest absolute Gasteiger partial charge is 0.254 e. The summed E-state index contributed by atoms with van der Waals surface area (Å²) in [5.41, 5.74) is 8.07. The lowest BCUT2D eigenvalue weighted by Crippen LogP contribution is -2.24. The Labute approximate surface area is 105 Å². The zero-order valence-corrected chi connectivity index (χ0v) is 10.6. The first-order chi connectivity index (χ1) is 8.60. The van der Waals surface area contributed by atoms with E-state index in [9.17, 15) is 4.79 Å². The van der Waals surface area contributed by atoms with Crippen molar-refractivity contribution in [3.63, 3.8) is 0 Å². The molecule has 0 saturated heterocycles. The lowest BCUT2D eigenvalue weighted by atomic mass is 10.2. The van der Waals surface area contributed by atoms with Gasteiger partial charge in [-0.1, -0.05) is 0 Å². The van der Waals surface area contributed by atoms with E-state index in [0.29, 0.717) is 18.9 Å². The van der Waals surface area contributed by atoms with Gasteiger partial charge < -0.3 is 5.73 Å². The number of rotatable bonds is 3. The zero-order chi connectivity index (χ0) is 13.1. The van der Waals surface area contributed by atoms with E-state index in [2.05, 4.69) is 9.97 Å². The molecular formula is C13H16N4O. The SMILES string of the molecule is Cc1cc(=O)n(Cc2ccnc(CN)c2)c(C)n1. The van der Waals surface area contributed by atoms with Crippen LogP contribution in [0.15, 0.2) is 29.2 Å². The maximum atomic E-state index is 11.9. The van der Waals surface area contributed by atoms with Gasteiger partial charge in [0.15, 0.2) is 0 Å². The molecule has 0 aliphatic rings. The monoisotopic (exact) mass is 244 g/mol. The lowest BCUT2D eigenvalue weighted by molar-refractivity contribution is 0.692. The van der Waals surface area contributed by atoms with Crippen LogP contribution in [0.25, 0.3) is 0 Å². The van der Waals surface area contributed by atoms with Gasteiger partial charge in [-0.3, -0.25) is 14.3 Å². The van der Waals surface area contributed by atoms with Gasteiger partial charge in [-0.05, 0) is 31.5 Å². The normalized spacial score (nSPS) is 10.6. The first-order valence-electron chi connectivity index (χ1n) is 5.79. The third-order valence-corrected chi connectivity index (χ3v) is 2.76. The third kappa shape index (κ3) is 2.62. The average molecular weight is 244 g/mol. The molecule has 0 amide bonds. The highest BCUT2D eigenvalue weighted by molar-refractivity contribution is 5.17. The molecule has 0 unspecified atom stereocenters. The molecule has 18 heavy (non-hydrogen) atoms. The van der Waals surface area contributed by atoms with E-state index in [4.69, 9.17) is 5.73 Å². The van der Waals surface area contributed by atoms with E-state index >= 15 is 0 Å². The Morgan fingerprint density at radius 1 is 1.33 bits per heavy atom. The van der Waals surface area contributed by atoms with Crippen molar-refractivity contribution in [1.82, 2.24) is 14.5 Å². The molecular weight excluding hydrogens is 228 g/mol. The Morgan fingerprint density at radius 2 is 2.11 bits per heavy atom. The van der Waals surface area contributed by atoms with Crippen LogP contribution in [0.2, 0.25) is 0 Å². The predicted molar refractivity (Wildman–Crippen MR) is 69.2 cm³/mol. The highest BCUT2D eigenvalue weighted by atomic mass is 16.1. The van der Waals surface area contributed by atoms with Gasteiger partial charge in [0.05, 0.1) is 12.2 Å². The minimum absolute atomic E-state index is 0.0360. The molecule has 0 aromatic carbocycles. The molecule has 0 radical (unpaired) electrons. The van der Waals surface area contributed by atoms with Crippen molar-refractivity contribution in [2.45, 2.75) is 26.9 Å². The van der Waals surface area contributed by atoms with Crippen LogP contribution in [-0.2, 0) is 13.1 Å². The summed E-state index contributed by atoms with van der Waals surface area (Å²) in [5.74, 6) is 0.714. The van der Waals surface area contributed by atoms with Crippen LogP contribution >= 0.6 is 0 Å². The van der Waals surface area contributed by atoms with Crippen molar-refractivity contribution in [3.05, 3.63) is 57.5 Å². The number of aryl methyl sites for hydroxylation is 2. The quantitative estimate of drug-likeness (QED) is 0.865. The summed E-state index contributed by atoms with van der Waals surface area (Å²) >= 11 is 0. The molecule has 94 valence electrons. The lowest BCUT2D eigenvalue weighted by Gasteiger charge is -2.10. The first-order valence-corrected chi connectivity index (χ1v) is 5.79. The highest BCUT2D eigenvalue weighted by Gasteiger charge is 2.04. The second-order valence-corrected chi connectivity index (χ2v) is 4.23. The zero-order valence-electron chi connectivity index (χ0n) is 10.6. The van der Waals surface area contributed by atoms with Gasteiger partial charge in [-0.15, -0.1) is 0 Å². The Balaban J connectivity index is 2.37. The number of nitrogens with zero attached hydrogens (tertiary/aromatic N) is 3. The van der Waals surface area contributed by atoms with Crippen LogP contribution < -0.4 is 11.3 Å². The number of aromatic nitrogens is 3. The van der Waals surface area contributed by atoms with Crippen LogP contribution in [0.1, 0.15) is 22.8 Å². The maximum absolute atomic E-state index is 11.9.